The summed E-state index contributed by atoms with van der Waals surface area (Å²) in [5, 5.41) is 27.4. The molecule has 5 atom stereocenters. The summed E-state index contributed by atoms with van der Waals surface area (Å²) in [5.74, 6) is 0. The van der Waals surface area contributed by atoms with Crippen LogP contribution in [-0.4, -0.2) is 46.0 Å². The van der Waals surface area contributed by atoms with Crippen LogP contribution in [0.4, 0.5) is 0 Å². The van der Waals surface area contributed by atoms with E-state index in [1.54, 1.807) is 6.92 Å². The summed E-state index contributed by atoms with van der Waals surface area (Å²) >= 11 is 0. The lowest BCUT2D eigenvalue weighted by molar-refractivity contribution is -0.236. The minimum Gasteiger partial charge on any atom is -0.388 e. The first kappa shape index (κ1) is 12.1. The Labute approximate surface area is 76.5 Å². The zero-order valence-corrected chi connectivity index (χ0v) is 7.44. The molecule has 5 N–H and O–H groups in total. The Morgan fingerprint density at radius 1 is 1.17 bits per heavy atom. The maximum absolute atomic E-state index is 9.17. The molecule has 0 aromatic heterocycles. The number of hydrogen-bond donors (Lipinski definition) is 4. The summed E-state index contributed by atoms with van der Waals surface area (Å²) < 4.78 is 4.80. The lowest BCUT2D eigenvalue weighted by Gasteiger charge is -2.37. The van der Waals surface area contributed by atoms with Crippen molar-refractivity contribution in [2.45, 2.75) is 37.6 Å². The Morgan fingerprint density at radius 3 is 2.17 bits per heavy atom. The first-order valence-electron chi connectivity index (χ1n) is 3.49. The molecule has 1 saturated heterocycles. The Bertz CT molecular complexity index is 134. The summed E-state index contributed by atoms with van der Waals surface area (Å²) in [6, 6.07) is -0.929. The number of halogens is 1. The van der Waals surface area contributed by atoms with E-state index in [9.17, 15) is 5.11 Å². The number of rotatable bonds is 0. The SMILES string of the molecule is CC1OC(O)C(N)C(O)C1O.Cl. The molecule has 1 aliphatic rings. The highest BCUT2D eigenvalue weighted by Crippen LogP contribution is 2.17. The third kappa shape index (κ3) is 2.07. The summed E-state index contributed by atoms with van der Waals surface area (Å²) in [6.45, 7) is 1.56. The van der Waals surface area contributed by atoms with Crippen LogP contribution in [0, 0.1) is 0 Å². The molecule has 1 aliphatic heterocycles. The monoisotopic (exact) mass is 199 g/mol. The number of aliphatic hydroxyl groups is 3. The van der Waals surface area contributed by atoms with Gasteiger partial charge in [0.15, 0.2) is 6.29 Å². The van der Waals surface area contributed by atoms with E-state index in [0.29, 0.717) is 0 Å². The zero-order chi connectivity index (χ0) is 8.59. The molecule has 74 valence electrons. The molecule has 0 aromatic carbocycles. The third-order valence-corrected chi connectivity index (χ3v) is 1.91. The second-order valence-electron chi connectivity index (χ2n) is 2.79. The molecular formula is C6H14ClNO4. The molecule has 5 nitrogen and oxygen atoms in total. The van der Waals surface area contributed by atoms with Gasteiger partial charge < -0.3 is 25.8 Å². The molecule has 0 spiro atoms. The van der Waals surface area contributed by atoms with Crippen LogP contribution in [0.2, 0.25) is 0 Å². The highest BCUT2D eigenvalue weighted by atomic mass is 35.5. The highest BCUT2D eigenvalue weighted by Gasteiger charge is 2.39. The molecule has 0 aromatic rings. The Kier molecular flexibility index (Phi) is 4.39. The van der Waals surface area contributed by atoms with Gasteiger partial charge in [-0.25, -0.2) is 0 Å². The van der Waals surface area contributed by atoms with E-state index in [-0.39, 0.29) is 12.4 Å². The molecular weight excluding hydrogens is 186 g/mol. The highest BCUT2D eigenvalue weighted by molar-refractivity contribution is 5.85. The molecule has 1 heterocycles. The quantitative estimate of drug-likeness (QED) is 0.369. The van der Waals surface area contributed by atoms with Crippen molar-refractivity contribution >= 4 is 12.4 Å². The van der Waals surface area contributed by atoms with Crippen molar-refractivity contribution in [1.82, 2.24) is 0 Å². The molecule has 6 heteroatoms. The fourth-order valence-corrected chi connectivity index (χ4v) is 1.07. The molecule has 0 aliphatic carbocycles. The first-order valence-corrected chi connectivity index (χ1v) is 3.49. The Morgan fingerprint density at radius 2 is 1.67 bits per heavy atom. The van der Waals surface area contributed by atoms with Crippen LogP contribution in [0.25, 0.3) is 0 Å². The van der Waals surface area contributed by atoms with Gasteiger partial charge in [0.1, 0.15) is 12.2 Å². The lowest BCUT2D eigenvalue weighted by Crippen LogP contribution is -2.60. The number of ether oxygens (including phenoxy) is 1. The second-order valence-corrected chi connectivity index (χ2v) is 2.79. The van der Waals surface area contributed by atoms with Crippen molar-refractivity contribution in [1.29, 1.82) is 0 Å². The van der Waals surface area contributed by atoms with E-state index in [4.69, 9.17) is 20.7 Å². The van der Waals surface area contributed by atoms with Crippen LogP contribution < -0.4 is 5.73 Å². The maximum Gasteiger partial charge on any atom is 0.172 e. The van der Waals surface area contributed by atoms with Crippen molar-refractivity contribution in [3.63, 3.8) is 0 Å². The molecule has 1 fully saturated rings. The predicted molar refractivity (Wildman–Crippen MR) is 43.8 cm³/mol. The van der Waals surface area contributed by atoms with E-state index in [2.05, 4.69) is 0 Å². The molecule has 5 unspecified atom stereocenters. The van der Waals surface area contributed by atoms with Crippen LogP contribution in [0.3, 0.4) is 0 Å². The molecule has 1 rings (SSSR count). The minimum absolute atomic E-state index is 0. The van der Waals surface area contributed by atoms with Crippen LogP contribution >= 0.6 is 12.4 Å². The van der Waals surface area contributed by atoms with Gasteiger partial charge in [-0.1, -0.05) is 0 Å². The predicted octanol–water partition coefficient (Wildman–Crippen LogP) is -1.81. The van der Waals surface area contributed by atoms with E-state index in [1.165, 1.54) is 0 Å². The van der Waals surface area contributed by atoms with Crippen molar-refractivity contribution in [2.24, 2.45) is 5.73 Å². The van der Waals surface area contributed by atoms with Gasteiger partial charge in [-0.3, -0.25) is 0 Å². The fraction of sp³-hybridized carbons (Fsp3) is 1.00. The van der Waals surface area contributed by atoms with Crippen molar-refractivity contribution in [2.75, 3.05) is 0 Å². The average molecular weight is 200 g/mol. The number of nitrogens with two attached hydrogens (primary N) is 1. The summed E-state index contributed by atoms with van der Waals surface area (Å²) in [7, 11) is 0. The van der Waals surface area contributed by atoms with Gasteiger partial charge >= 0.3 is 0 Å². The molecule has 0 bridgehead atoms. The standard InChI is InChI=1S/C6H13NO4.ClH/c1-2-4(8)5(9)3(7)6(10)11-2;/h2-6,8-10H,7H2,1H3;1H. The topological polar surface area (TPSA) is 95.9 Å². The van der Waals surface area contributed by atoms with Crippen molar-refractivity contribution in [3.8, 4) is 0 Å². The minimum atomic E-state index is -1.19. The van der Waals surface area contributed by atoms with Gasteiger partial charge in [0, 0.05) is 0 Å². The van der Waals surface area contributed by atoms with E-state index >= 15 is 0 Å². The third-order valence-electron chi connectivity index (χ3n) is 1.91. The van der Waals surface area contributed by atoms with Crippen LogP contribution in [0.15, 0.2) is 0 Å². The summed E-state index contributed by atoms with van der Waals surface area (Å²) in [6.07, 6.45) is -3.91. The molecule has 12 heavy (non-hydrogen) atoms. The van der Waals surface area contributed by atoms with Gasteiger partial charge in [-0.05, 0) is 6.92 Å². The van der Waals surface area contributed by atoms with Crippen molar-refractivity contribution < 1.29 is 20.1 Å². The van der Waals surface area contributed by atoms with Gasteiger partial charge in [0.05, 0.1) is 12.1 Å². The number of aliphatic hydroxyl groups excluding tert-OH is 3. The maximum atomic E-state index is 9.17. The lowest BCUT2D eigenvalue weighted by atomic mass is 9.99. The molecule has 0 saturated carbocycles. The van der Waals surface area contributed by atoms with E-state index < -0.39 is 30.6 Å². The zero-order valence-electron chi connectivity index (χ0n) is 6.62. The van der Waals surface area contributed by atoms with Crippen LogP contribution in [0.5, 0.6) is 0 Å². The van der Waals surface area contributed by atoms with Gasteiger partial charge in [-0.2, -0.15) is 0 Å². The summed E-state index contributed by atoms with van der Waals surface area (Å²) in [5.41, 5.74) is 5.29. The normalized spacial score (nSPS) is 48.2. The van der Waals surface area contributed by atoms with Gasteiger partial charge in [-0.15, -0.1) is 12.4 Å². The Balaban J connectivity index is 0.00000121. The molecule has 0 amide bonds. The fourth-order valence-electron chi connectivity index (χ4n) is 1.07. The van der Waals surface area contributed by atoms with Gasteiger partial charge in [0.25, 0.3) is 0 Å². The first-order chi connectivity index (χ1) is 5.04. The largest absolute Gasteiger partial charge is 0.388 e. The van der Waals surface area contributed by atoms with Crippen LogP contribution in [-0.2, 0) is 4.74 Å². The van der Waals surface area contributed by atoms with Crippen LogP contribution in [0.1, 0.15) is 6.92 Å². The average Bonchev–Trinajstić information content (AvgIpc) is 1.97. The summed E-state index contributed by atoms with van der Waals surface area (Å²) in [4.78, 5) is 0. The van der Waals surface area contributed by atoms with E-state index in [1.807, 2.05) is 0 Å². The van der Waals surface area contributed by atoms with Crippen molar-refractivity contribution in [3.05, 3.63) is 0 Å². The van der Waals surface area contributed by atoms with E-state index in [0.717, 1.165) is 0 Å². The smallest absolute Gasteiger partial charge is 0.172 e. The second kappa shape index (κ2) is 4.36. The van der Waals surface area contributed by atoms with Gasteiger partial charge in [0.2, 0.25) is 0 Å². The molecule has 0 radical (unpaired) electrons. The number of hydrogen-bond acceptors (Lipinski definition) is 5. The Hall–Kier alpha value is 0.0900.